The summed E-state index contributed by atoms with van der Waals surface area (Å²) in [6.07, 6.45) is 1.91. The van der Waals surface area contributed by atoms with Crippen molar-refractivity contribution in [2.75, 3.05) is 7.11 Å². The summed E-state index contributed by atoms with van der Waals surface area (Å²) < 4.78 is 4.34. The summed E-state index contributed by atoms with van der Waals surface area (Å²) in [7, 11) is 1.16. The third-order valence-electron chi connectivity index (χ3n) is 2.26. The number of carboxylic acid groups (broad SMARTS) is 1. The number of carbonyl (C=O) groups excluding carboxylic acids is 1. The van der Waals surface area contributed by atoms with E-state index in [2.05, 4.69) is 4.74 Å². The second kappa shape index (κ2) is 6.40. The van der Waals surface area contributed by atoms with Crippen LogP contribution in [0.4, 0.5) is 0 Å². The van der Waals surface area contributed by atoms with E-state index in [1.807, 2.05) is 6.92 Å². The van der Waals surface area contributed by atoms with Crippen molar-refractivity contribution in [1.82, 2.24) is 0 Å². The maximum absolute atomic E-state index is 10.9. The highest BCUT2D eigenvalue weighted by Crippen LogP contribution is 2.20. The predicted octanol–water partition coefficient (Wildman–Crippen LogP) is 0.946. The fourth-order valence-corrected chi connectivity index (χ4v) is 1.25. The van der Waals surface area contributed by atoms with Crippen molar-refractivity contribution in [3.8, 4) is 0 Å². The Bertz CT molecular complexity index is 226. The van der Waals surface area contributed by atoms with Gasteiger partial charge < -0.3 is 14.9 Å². The Morgan fingerprint density at radius 1 is 1.33 bits per heavy atom. The SMILES string of the molecule is CCCCC[C@@](O)(CC(=O)OC)C(=O)O. The highest BCUT2D eigenvalue weighted by Gasteiger charge is 2.38. The smallest absolute Gasteiger partial charge is 0.336 e. The third kappa shape index (κ3) is 4.78. The minimum atomic E-state index is -1.98. The second-order valence-electron chi connectivity index (χ2n) is 3.55. The van der Waals surface area contributed by atoms with Gasteiger partial charge in [-0.3, -0.25) is 4.79 Å². The van der Waals surface area contributed by atoms with Crippen LogP contribution in [0.3, 0.4) is 0 Å². The van der Waals surface area contributed by atoms with Gasteiger partial charge >= 0.3 is 11.9 Å². The van der Waals surface area contributed by atoms with Gasteiger partial charge in [0, 0.05) is 0 Å². The van der Waals surface area contributed by atoms with Gasteiger partial charge in [0.05, 0.1) is 13.5 Å². The first-order valence-electron chi connectivity index (χ1n) is 4.99. The van der Waals surface area contributed by atoms with Gasteiger partial charge in [-0.05, 0) is 12.8 Å². The lowest BCUT2D eigenvalue weighted by Crippen LogP contribution is -2.41. The van der Waals surface area contributed by atoms with Gasteiger partial charge in [-0.1, -0.05) is 19.8 Å². The van der Waals surface area contributed by atoms with Gasteiger partial charge in [0.1, 0.15) is 0 Å². The minimum Gasteiger partial charge on any atom is -0.479 e. The average Bonchev–Trinajstić information content (AvgIpc) is 2.17. The first-order chi connectivity index (χ1) is 6.96. The van der Waals surface area contributed by atoms with Crippen LogP contribution in [0.15, 0.2) is 0 Å². The Labute approximate surface area is 89.0 Å². The summed E-state index contributed by atoms with van der Waals surface area (Å²) in [5.41, 5.74) is -1.98. The number of ether oxygens (including phenoxy) is 1. The third-order valence-corrected chi connectivity index (χ3v) is 2.26. The van der Waals surface area contributed by atoms with Crippen molar-refractivity contribution >= 4 is 11.9 Å². The molecule has 0 spiro atoms. The molecule has 0 aromatic carbocycles. The standard InChI is InChI=1S/C10H18O5/c1-3-4-5-6-10(14,9(12)13)7-8(11)15-2/h14H,3-7H2,1-2H3,(H,12,13)/t10-/m1/s1. The van der Waals surface area contributed by atoms with Crippen molar-refractivity contribution in [2.24, 2.45) is 0 Å². The Morgan fingerprint density at radius 2 is 1.93 bits per heavy atom. The number of hydrogen-bond acceptors (Lipinski definition) is 4. The van der Waals surface area contributed by atoms with E-state index < -0.39 is 24.0 Å². The van der Waals surface area contributed by atoms with Crippen molar-refractivity contribution in [3.05, 3.63) is 0 Å². The molecule has 0 aromatic rings. The van der Waals surface area contributed by atoms with Crippen LogP contribution in [0.1, 0.15) is 39.0 Å². The number of carbonyl (C=O) groups is 2. The molecule has 2 N–H and O–H groups in total. The van der Waals surface area contributed by atoms with Gasteiger partial charge in [0.25, 0.3) is 0 Å². The largest absolute Gasteiger partial charge is 0.479 e. The molecule has 0 fully saturated rings. The number of aliphatic carboxylic acids is 1. The summed E-state index contributed by atoms with van der Waals surface area (Å²) in [5, 5.41) is 18.5. The average molecular weight is 218 g/mol. The molecule has 0 aromatic heterocycles. The molecule has 15 heavy (non-hydrogen) atoms. The van der Waals surface area contributed by atoms with Gasteiger partial charge in [-0.25, -0.2) is 4.79 Å². The van der Waals surface area contributed by atoms with Gasteiger partial charge in [0.2, 0.25) is 0 Å². The first kappa shape index (κ1) is 13.9. The van der Waals surface area contributed by atoms with Crippen molar-refractivity contribution in [2.45, 2.75) is 44.6 Å². The van der Waals surface area contributed by atoms with Crippen molar-refractivity contribution in [1.29, 1.82) is 0 Å². The van der Waals surface area contributed by atoms with E-state index in [0.717, 1.165) is 20.0 Å². The van der Waals surface area contributed by atoms with E-state index in [-0.39, 0.29) is 6.42 Å². The number of esters is 1. The van der Waals surface area contributed by atoms with Crippen LogP contribution in [-0.4, -0.2) is 34.9 Å². The zero-order valence-corrected chi connectivity index (χ0v) is 9.15. The summed E-state index contributed by atoms with van der Waals surface area (Å²) in [6, 6.07) is 0. The van der Waals surface area contributed by atoms with E-state index in [1.54, 1.807) is 0 Å². The van der Waals surface area contributed by atoms with Crippen LogP contribution >= 0.6 is 0 Å². The summed E-state index contributed by atoms with van der Waals surface area (Å²) in [4.78, 5) is 21.7. The molecule has 0 saturated heterocycles. The lowest BCUT2D eigenvalue weighted by atomic mass is 9.93. The molecule has 0 aliphatic heterocycles. The Kier molecular flexibility index (Phi) is 5.93. The maximum atomic E-state index is 10.9. The van der Waals surface area contributed by atoms with Crippen LogP contribution in [0.5, 0.6) is 0 Å². The van der Waals surface area contributed by atoms with Gasteiger partial charge in [-0.15, -0.1) is 0 Å². The fourth-order valence-electron chi connectivity index (χ4n) is 1.25. The fraction of sp³-hybridized carbons (Fsp3) is 0.800. The van der Waals surface area contributed by atoms with Crippen molar-refractivity contribution < 1.29 is 24.5 Å². The number of methoxy groups -OCH3 is 1. The van der Waals surface area contributed by atoms with E-state index in [0.29, 0.717) is 6.42 Å². The molecule has 5 heteroatoms. The highest BCUT2D eigenvalue weighted by molar-refractivity contribution is 5.84. The molecule has 0 aliphatic carbocycles. The molecule has 88 valence electrons. The predicted molar refractivity (Wildman–Crippen MR) is 53.4 cm³/mol. The lowest BCUT2D eigenvalue weighted by Gasteiger charge is -2.21. The molecule has 5 nitrogen and oxygen atoms in total. The number of aliphatic hydroxyl groups is 1. The van der Waals surface area contributed by atoms with Crippen LogP contribution < -0.4 is 0 Å². The molecule has 0 saturated carbocycles. The summed E-state index contributed by atoms with van der Waals surface area (Å²) in [5.74, 6) is -2.08. The molecule has 0 unspecified atom stereocenters. The molecule has 0 radical (unpaired) electrons. The number of carboxylic acids is 1. The van der Waals surface area contributed by atoms with Crippen molar-refractivity contribution in [3.63, 3.8) is 0 Å². The van der Waals surface area contributed by atoms with Crippen LogP contribution in [0, 0.1) is 0 Å². The topological polar surface area (TPSA) is 83.8 Å². The van der Waals surface area contributed by atoms with E-state index in [4.69, 9.17) is 5.11 Å². The maximum Gasteiger partial charge on any atom is 0.336 e. The normalized spacial score (nSPS) is 14.3. The van der Waals surface area contributed by atoms with Gasteiger partial charge in [-0.2, -0.15) is 0 Å². The van der Waals surface area contributed by atoms with E-state index in [1.165, 1.54) is 0 Å². The monoisotopic (exact) mass is 218 g/mol. The highest BCUT2D eigenvalue weighted by atomic mass is 16.5. The Hall–Kier alpha value is -1.10. The Balaban J connectivity index is 4.32. The Morgan fingerprint density at radius 3 is 2.33 bits per heavy atom. The number of rotatable bonds is 7. The molecule has 0 aliphatic rings. The zero-order chi connectivity index (χ0) is 11.9. The molecule has 0 amide bonds. The van der Waals surface area contributed by atoms with Crippen LogP contribution in [0.2, 0.25) is 0 Å². The summed E-state index contributed by atoms with van der Waals surface area (Å²) >= 11 is 0. The molecular formula is C10H18O5. The molecule has 0 bridgehead atoms. The quantitative estimate of drug-likeness (QED) is 0.491. The molecular weight excluding hydrogens is 200 g/mol. The number of hydrogen-bond donors (Lipinski definition) is 2. The minimum absolute atomic E-state index is 0.0747. The lowest BCUT2D eigenvalue weighted by molar-refractivity contribution is -0.167. The zero-order valence-electron chi connectivity index (χ0n) is 9.15. The molecule has 1 atom stereocenters. The molecule has 0 rings (SSSR count). The van der Waals surface area contributed by atoms with Gasteiger partial charge in [0.15, 0.2) is 5.60 Å². The number of unbranched alkanes of at least 4 members (excludes halogenated alkanes) is 2. The molecule has 0 heterocycles. The first-order valence-corrected chi connectivity index (χ1v) is 4.99. The van der Waals surface area contributed by atoms with Crippen LogP contribution in [0.25, 0.3) is 0 Å². The summed E-state index contributed by atoms with van der Waals surface area (Å²) in [6.45, 7) is 1.97. The second-order valence-corrected chi connectivity index (χ2v) is 3.55. The van der Waals surface area contributed by atoms with E-state index >= 15 is 0 Å². The van der Waals surface area contributed by atoms with Crippen LogP contribution in [-0.2, 0) is 14.3 Å². The van der Waals surface area contributed by atoms with E-state index in [9.17, 15) is 14.7 Å².